The van der Waals surface area contributed by atoms with Crippen LogP contribution in [-0.2, 0) is 4.79 Å². The Morgan fingerprint density at radius 2 is 2.00 bits per heavy atom. The SMILES string of the molecule is CCNC(=O)[C@H](C)Oc1ccc(C)cc1. The van der Waals surface area contributed by atoms with Gasteiger partial charge in [0.2, 0.25) is 0 Å². The van der Waals surface area contributed by atoms with E-state index in [4.69, 9.17) is 4.74 Å². The van der Waals surface area contributed by atoms with Crippen molar-refractivity contribution in [2.45, 2.75) is 26.9 Å². The molecule has 82 valence electrons. The standard InChI is InChI=1S/C12H17NO2/c1-4-13-12(14)10(3)15-11-7-5-9(2)6-8-11/h5-8,10H,4H2,1-3H3,(H,13,14)/t10-/m0/s1. The molecule has 0 aliphatic heterocycles. The maximum absolute atomic E-state index is 11.4. The minimum Gasteiger partial charge on any atom is -0.481 e. The Hall–Kier alpha value is -1.51. The van der Waals surface area contributed by atoms with Gasteiger partial charge in [0.1, 0.15) is 5.75 Å². The monoisotopic (exact) mass is 207 g/mol. The molecule has 0 fully saturated rings. The van der Waals surface area contributed by atoms with E-state index < -0.39 is 6.10 Å². The molecule has 1 atom stereocenters. The van der Waals surface area contributed by atoms with E-state index in [2.05, 4.69) is 5.32 Å². The number of likely N-dealkylation sites (N-methyl/N-ethyl adjacent to an activating group) is 1. The molecule has 1 N–H and O–H groups in total. The Bertz CT molecular complexity index is 319. The van der Waals surface area contributed by atoms with E-state index >= 15 is 0 Å². The molecule has 1 aromatic rings. The molecule has 0 bridgehead atoms. The van der Waals surface area contributed by atoms with Crippen LogP contribution in [0.4, 0.5) is 0 Å². The van der Waals surface area contributed by atoms with Crippen molar-refractivity contribution >= 4 is 5.91 Å². The molecule has 3 nitrogen and oxygen atoms in total. The molecule has 1 aromatic carbocycles. The summed E-state index contributed by atoms with van der Waals surface area (Å²) in [7, 11) is 0. The summed E-state index contributed by atoms with van der Waals surface area (Å²) < 4.78 is 5.47. The molecule has 0 saturated carbocycles. The molecule has 0 aromatic heterocycles. The van der Waals surface area contributed by atoms with Gasteiger partial charge in [-0.25, -0.2) is 0 Å². The molecule has 0 unspecified atom stereocenters. The zero-order valence-electron chi connectivity index (χ0n) is 9.41. The van der Waals surface area contributed by atoms with Gasteiger partial charge in [0.25, 0.3) is 5.91 Å². The Balaban J connectivity index is 2.54. The van der Waals surface area contributed by atoms with Gasteiger partial charge < -0.3 is 10.1 Å². The van der Waals surface area contributed by atoms with E-state index in [0.29, 0.717) is 6.54 Å². The maximum Gasteiger partial charge on any atom is 0.260 e. The Kier molecular flexibility index (Phi) is 4.16. The van der Waals surface area contributed by atoms with Crippen LogP contribution in [0.25, 0.3) is 0 Å². The molecule has 0 spiro atoms. The van der Waals surface area contributed by atoms with Crippen molar-refractivity contribution in [3.8, 4) is 5.75 Å². The summed E-state index contributed by atoms with van der Waals surface area (Å²) in [6, 6.07) is 7.65. The van der Waals surface area contributed by atoms with Gasteiger partial charge in [-0.15, -0.1) is 0 Å². The highest BCUT2D eigenvalue weighted by Crippen LogP contribution is 2.13. The number of nitrogens with one attached hydrogen (secondary N) is 1. The summed E-state index contributed by atoms with van der Waals surface area (Å²) in [5.74, 6) is 0.637. The smallest absolute Gasteiger partial charge is 0.260 e. The van der Waals surface area contributed by atoms with Gasteiger partial charge in [0.15, 0.2) is 6.10 Å². The number of aryl methyl sites for hydroxylation is 1. The molecule has 0 aliphatic carbocycles. The fourth-order valence-corrected chi connectivity index (χ4v) is 1.19. The maximum atomic E-state index is 11.4. The third-order valence-electron chi connectivity index (χ3n) is 2.05. The fourth-order valence-electron chi connectivity index (χ4n) is 1.19. The van der Waals surface area contributed by atoms with Gasteiger partial charge in [-0.05, 0) is 32.9 Å². The first-order chi connectivity index (χ1) is 7.13. The van der Waals surface area contributed by atoms with Crippen LogP contribution in [0.3, 0.4) is 0 Å². The summed E-state index contributed by atoms with van der Waals surface area (Å²) in [6.45, 7) is 6.26. The quantitative estimate of drug-likeness (QED) is 0.819. The Labute approximate surface area is 90.4 Å². The van der Waals surface area contributed by atoms with Crippen LogP contribution in [0.1, 0.15) is 19.4 Å². The molecule has 0 saturated heterocycles. The van der Waals surface area contributed by atoms with E-state index in [1.54, 1.807) is 6.92 Å². The highest BCUT2D eigenvalue weighted by Gasteiger charge is 2.12. The van der Waals surface area contributed by atoms with Crippen molar-refractivity contribution in [1.29, 1.82) is 0 Å². The number of benzene rings is 1. The van der Waals surface area contributed by atoms with Crippen molar-refractivity contribution in [1.82, 2.24) is 5.32 Å². The second-order valence-electron chi connectivity index (χ2n) is 3.47. The lowest BCUT2D eigenvalue weighted by atomic mass is 10.2. The number of rotatable bonds is 4. The number of hydrogen-bond acceptors (Lipinski definition) is 2. The first kappa shape index (κ1) is 11.6. The average molecular weight is 207 g/mol. The normalized spacial score (nSPS) is 11.9. The molecule has 1 rings (SSSR count). The first-order valence-electron chi connectivity index (χ1n) is 5.14. The third-order valence-corrected chi connectivity index (χ3v) is 2.05. The van der Waals surface area contributed by atoms with E-state index in [1.807, 2.05) is 38.1 Å². The summed E-state index contributed by atoms with van der Waals surface area (Å²) in [5.41, 5.74) is 1.17. The van der Waals surface area contributed by atoms with Crippen LogP contribution in [-0.4, -0.2) is 18.6 Å². The van der Waals surface area contributed by atoms with Crippen LogP contribution in [0, 0.1) is 6.92 Å². The number of ether oxygens (including phenoxy) is 1. The molecule has 1 amide bonds. The fraction of sp³-hybridized carbons (Fsp3) is 0.417. The summed E-state index contributed by atoms with van der Waals surface area (Å²) in [6.07, 6.45) is -0.451. The van der Waals surface area contributed by atoms with E-state index in [1.165, 1.54) is 5.56 Å². The summed E-state index contributed by atoms with van der Waals surface area (Å²) >= 11 is 0. The van der Waals surface area contributed by atoms with Crippen molar-refractivity contribution in [3.63, 3.8) is 0 Å². The predicted octanol–water partition coefficient (Wildman–Crippen LogP) is 1.90. The van der Waals surface area contributed by atoms with Gasteiger partial charge in [0, 0.05) is 6.54 Å². The molecule has 15 heavy (non-hydrogen) atoms. The first-order valence-corrected chi connectivity index (χ1v) is 5.14. The molecule has 0 aliphatic rings. The van der Waals surface area contributed by atoms with Gasteiger partial charge in [-0.2, -0.15) is 0 Å². The number of carbonyl (C=O) groups is 1. The minimum absolute atomic E-state index is 0.0851. The molecule has 0 heterocycles. The predicted molar refractivity (Wildman–Crippen MR) is 60.0 cm³/mol. The largest absolute Gasteiger partial charge is 0.481 e. The molecule has 3 heteroatoms. The summed E-state index contributed by atoms with van der Waals surface area (Å²) in [5, 5.41) is 2.71. The Morgan fingerprint density at radius 3 is 2.53 bits per heavy atom. The summed E-state index contributed by atoms with van der Waals surface area (Å²) in [4.78, 5) is 11.4. The van der Waals surface area contributed by atoms with Gasteiger partial charge in [-0.3, -0.25) is 4.79 Å². The van der Waals surface area contributed by atoms with E-state index in [0.717, 1.165) is 5.75 Å². The lowest BCUT2D eigenvalue weighted by molar-refractivity contribution is -0.127. The molecule has 0 radical (unpaired) electrons. The van der Waals surface area contributed by atoms with E-state index in [-0.39, 0.29) is 5.91 Å². The lowest BCUT2D eigenvalue weighted by Crippen LogP contribution is -2.36. The minimum atomic E-state index is -0.451. The number of amides is 1. The number of hydrogen-bond donors (Lipinski definition) is 1. The molecular formula is C12H17NO2. The second-order valence-corrected chi connectivity index (χ2v) is 3.47. The van der Waals surface area contributed by atoms with Crippen LogP contribution in [0.15, 0.2) is 24.3 Å². The van der Waals surface area contributed by atoms with E-state index in [9.17, 15) is 4.79 Å². The second kappa shape index (κ2) is 5.39. The van der Waals surface area contributed by atoms with Crippen molar-refractivity contribution in [2.75, 3.05) is 6.54 Å². The van der Waals surface area contributed by atoms with Gasteiger partial charge >= 0.3 is 0 Å². The number of carbonyl (C=O) groups excluding carboxylic acids is 1. The topological polar surface area (TPSA) is 38.3 Å². The van der Waals surface area contributed by atoms with Crippen LogP contribution >= 0.6 is 0 Å². The van der Waals surface area contributed by atoms with Crippen LogP contribution in [0.2, 0.25) is 0 Å². The highest BCUT2D eigenvalue weighted by molar-refractivity contribution is 5.80. The van der Waals surface area contributed by atoms with Crippen LogP contribution < -0.4 is 10.1 Å². The van der Waals surface area contributed by atoms with Gasteiger partial charge in [-0.1, -0.05) is 17.7 Å². The van der Waals surface area contributed by atoms with Gasteiger partial charge in [0.05, 0.1) is 0 Å². The highest BCUT2D eigenvalue weighted by atomic mass is 16.5. The van der Waals surface area contributed by atoms with Crippen molar-refractivity contribution in [2.24, 2.45) is 0 Å². The Morgan fingerprint density at radius 1 is 1.40 bits per heavy atom. The third kappa shape index (κ3) is 3.62. The molecular weight excluding hydrogens is 190 g/mol. The van der Waals surface area contributed by atoms with Crippen LogP contribution in [0.5, 0.6) is 5.75 Å². The van der Waals surface area contributed by atoms with Crippen molar-refractivity contribution in [3.05, 3.63) is 29.8 Å². The average Bonchev–Trinajstić information content (AvgIpc) is 2.22. The lowest BCUT2D eigenvalue weighted by Gasteiger charge is -2.13. The zero-order valence-corrected chi connectivity index (χ0v) is 9.41. The zero-order chi connectivity index (χ0) is 11.3. The van der Waals surface area contributed by atoms with Crippen molar-refractivity contribution < 1.29 is 9.53 Å².